The molecule has 3 aliphatic heterocycles. The number of ether oxygens (including phenoxy) is 1. The van der Waals surface area contributed by atoms with Crippen molar-refractivity contribution in [2.24, 2.45) is 0 Å². The van der Waals surface area contributed by atoms with Crippen molar-refractivity contribution in [2.45, 2.75) is 122 Å². The molecule has 3 aromatic rings. The van der Waals surface area contributed by atoms with E-state index >= 15 is 0 Å². The summed E-state index contributed by atoms with van der Waals surface area (Å²) >= 11 is 0. The molecule has 55 heavy (non-hydrogen) atoms. The first kappa shape index (κ1) is 40.9. The lowest BCUT2D eigenvalue weighted by Crippen LogP contribution is -2.59. The number of aromatic nitrogens is 4. The van der Waals surface area contributed by atoms with E-state index in [4.69, 9.17) is 14.7 Å². The second-order valence-electron chi connectivity index (χ2n) is 15.4. The molecule has 298 valence electrons. The van der Waals surface area contributed by atoms with Gasteiger partial charge >= 0.3 is 0 Å². The van der Waals surface area contributed by atoms with E-state index in [2.05, 4.69) is 82.7 Å². The number of hydrogen-bond donors (Lipinski definition) is 6. The molecule has 3 aliphatic rings. The van der Waals surface area contributed by atoms with Crippen LogP contribution in [-0.4, -0.2) is 111 Å². The van der Waals surface area contributed by atoms with Gasteiger partial charge in [-0.1, -0.05) is 20.8 Å². The van der Waals surface area contributed by atoms with Crippen molar-refractivity contribution >= 4 is 50.4 Å². The van der Waals surface area contributed by atoms with Crippen molar-refractivity contribution < 1.29 is 34.2 Å². The monoisotopic (exact) mass is 775 g/mol. The van der Waals surface area contributed by atoms with Crippen molar-refractivity contribution in [1.82, 2.24) is 24.8 Å². The summed E-state index contributed by atoms with van der Waals surface area (Å²) in [5.41, 5.74) is 13.8. The molecule has 6 heterocycles. The zero-order valence-electron chi connectivity index (χ0n) is 33.3. The molecule has 12 nitrogen and oxygen atoms in total. The Morgan fingerprint density at radius 3 is 2.16 bits per heavy atom. The van der Waals surface area contributed by atoms with Gasteiger partial charge in [0.25, 0.3) is 0 Å². The van der Waals surface area contributed by atoms with E-state index in [1.54, 1.807) is 11.9 Å². The van der Waals surface area contributed by atoms with Gasteiger partial charge in [-0.2, -0.15) is 0 Å². The van der Waals surface area contributed by atoms with Gasteiger partial charge in [0.2, 0.25) is 5.91 Å². The van der Waals surface area contributed by atoms with Gasteiger partial charge in [-0.15, -0.1) is 0 Å². The molecule has 0 radical (unpaired) electrons. The Labute approximate surface area is 325 Å². The molecule has 8 bridgehead atoms. The quantitative estimate of drug-likeness (QED) is 0.156. The number of nitrogens with zero attached hydrogens (tertiary/aromatic N) is 3. The van der Waals surface area contributed by atoms with E-state index in [0.717, 1.165) is 68.8 Å². The summed E-state index contributed by atoms with van der Waals surface area (Å²) in [4.78, 5) is 33.0. The smallest absolute Gasteiger partial charge is 0.222 e. The molecule has 8 atom stereocenters. The largest absolute Gasteiger partial charge is 0.394 e. The fourth-order valence-corrected chi connectivity index (χ4v) is 9.73. The predicted molar refractivity (Wildman–Crippen MR) is 217 cm³/mol. The van der Waals surface area contributed by atoms with Crippen LogP contribution in [0.5, 0.6) is 0 Å². The van der Waals surface area contributed by atoms with Crippen molar-refractivity contribution in [2.75, 3.05) is 26.0 Å². The maximum atomic E-state index is 13.5. The Morgan fingerprint density at radius 1 is 0.891 bits per heavy atom. The van der Waals surface area contributed by atoms with Gasteiger partial charge in [0, 0.05) is 71.1 Å². The molecule has 6 N–H and O–H groups in total. The molecule has 0 spiro atoms. The Kier molecular flexibility index (Phi) is 12.5. The average molecular weight is 776 g/mol. The SMILES string of the molecule is CCc1c(C)c2cc3[nH]c(cc4nc(c(C)c5nc(cc1[nH]2)C(C)=C5)[C@@H](CCC(=O)N(C)CCCS(=O)[C@@H]1O[C@H](CO)[C@@H](O)[C@H](O)[C@H]1O)[C@@H]4C)c(C)c3CC. The van der Waals surface area contributed by atoms with Gasteiger partial charge in [-0.3, -0.25) is 14.0 Å². The molecule has 6 rings (SSSR count). The minimum Gasteiger partial charge on any atom is -0.394 e. The van der Waals surface area contributed by atoms with Gasteiger partial charge in [0.1, 0.15) is 24.4 Å². The molecular formula is C42H57N5O7S. The molecule has 13 heteroatoms. The first-order valence-corrected chi connectivity index (χ1v) is 20.9. The van der Waals surface area contributed by atoms with E-state index < -0.39 is 47.3 Å². The highest BCUT2D eigenvalue weighted by Crippen LogP contribution is 2.42. The number of aliphatic hydroxyl groups excluding tert-OH is 4. The van der Waals surface area contributed by atoms with Crippen LogP contribution >= 0.6 is 0 Å². The molecule has 1 unspecified atom stereocenters. The van der Waals surface area contributed by atoms with Crippen LogP contribution in [0.1, 0.15) is 109 Å². The van der Waals surface area contributed by atoms with Gasteiger partial charge < -0.3 is 40.0 Å². The highest BCUT2D eigenvalue weighted by atomic mass is 32.2. The zero-order chi connectivity index (χ0) is 39.9. The lowest BCUT2D eigenvalue weighted by Gasteiger charge is -2.39. The second kappa shape index (κ2) is 16.8. The van der Waals surface area contributed by atoms with Gasteiger partial charge in [-0.05, 0) is 111 Å². The van der Waals surface area contributed by atoms with Gasteiger partial charge in [-0.25, -0.2) is 4.98 Å². The van der Waals surface area contributed by atoms with E-state index in [1.165, 1.54) is 22.3 Å². The number of amides is 1. The highest BCUT2D eigenvalue weighted by Gasteiger charge is 2.45. The predicted octanol–water partition coefficient (Wildman–Crippen LogP) is 4.99. The lowest BCUT2D eigenvalue weighted by molar-refractivity contribution is -0.206. The summed E-state index contributed by atoms with van der Waals surface area (Å²) in [6.45, 7) is 14.8. The Morgan fingerprint density at radius 2 is 1.53 bits per heavy atom. The minimum absolute atomic E-state index is 0.0192. The number of nitrogens with one attached hydrogen (secondary N) is 2. The number of fused-ring (bicyclic) bond motifs is 8. The molecular weight excluding hydrogens is 719 g/mol. The van der Waals surface area contributed by atoms with Crippen LogP contribution in [0.3, 0.4) is 0 Å². The third kappa shape index (κ3) is 7.97. The first-order chi connectivity index (χ1) is 26.2. The van der Waals surface area contributed by atoms with Crippen molar-refractivity contribution in [1.29, 1.82) is 0 Å². The van der Waals surface area contributed by atoms with E-state index in [-0.39, 0.29) is 23.5 Å². The minimum atomic E-state index is -1.73. The molecule has 0 aliphatic carbocycles. The summed E-state index contributed by atoms with van der Waals surface area (Å²) in [6.07, 6.45) is -0.619. The fourth-order valence-electron chi connectivity index (χ4n) is 8.35. The molecule has 0 aromatic carbocycles. The highest BCUT2D eigenvalue weighted by molar-refractivity contribution is 7.85. The molecule has 1 fully saturated rings. The van der Waals surface area contributed by atoms with Crippen molar-refractivity contribution in [3.05, 3.63) is 68.8 Å². The summed E-state index contributed by atoms with van der Waals surface area (Å²) in [7, 11) is -0.00316. The molecule has 1 saturated heterocycles. The third-order valence-corrected chi connectivity index (χ3v) is 13.5. The number of allylic oxidation sites excluding steroid dienone is 1. The normalized spacial score (nSPS) is 24.5. The number of carbonyl (C=O) groups excluding carboxylic acids is 1. The van der Waals surface area contributed by atoms with Crippen LogP contribution in [0, 0.1) is 20.8 Å². The van der Waals surface area contributed by atoms with E-state index in [0.29, 0.717) is 25.8 Å². The number of rotatable bonds is 11. The van der Waals surface area contributed by atoms with Crippen molar-refractivity contribution in [3.63, 3.8) is 0 Å². The van der Waals surface area contributed by atoms with Gasteiger partial charge in [0.05, 0.1) is 28.8 Å². The van der Waals surface area contributed by atoms with Crippen LogP contribution in [0.25, 0.3) is 33.7 Å². The third-order valence-electron chi connectivity index (χ3n) is 12.0. The maximum Gasteiger partial charge on any atom is 0.222 e. The fraction of sp³-hybridized carbons (Fsp3) is 0.548. The zero-order valence-corrected chi connectivity index (χ0v) is 34.1. The average Bonchev–Trinajstić information content (AvgIpc) is 3.87. The Bertz CT molecular complexity index is 2160. The number of hydrogen-bond acceptors (Lipinski definition) is 9. The first-order valence-electron chi connectivity index (χ1n) is 19.5. The number of aliphatic hydroxyl groups is 4. The maximum absolute atomic E-state index is 13.5. The van der Waals surface area contributed by atoms with Crippen LogP contribution in [0.15, 0.2) is 18.2 Å². The lowest BCUT2D eigenvalue weighted by atomic mass is 9.85. The number of H-pyrrole nitrogens is 2. The number of aromatic amines is 2. The number of carbonyl (C=O) groups is 1. The summed E-state index contributed by atoms with van der Waals surface area (Å²) in [6, 6.07) is 6.56. The van der Waals surface area contributed by atoms with Crippen LogP contribution in [0.4, 0.5) is 0 Å². The summed E-state index contributed by atoms with van der Waals surface area (Å²) in [5, 5.41) is 40.0. The summed E-state index contributed by atoms with van der Waals surface area (Å²) < 4.78 is 18.5. The summed E-state index contributed by atoms with van der Waals surface area (Å²) in [5.74, 6) is 0.0841. The standard InChI is InChI=1S/C42H57N5O7S/c1-9-26-23(5)32-19-35-27(10-2)22(4)31(44-35)18-33-24(6)28(38(46-33)25(7)30-16-21(3)29(43-30)17-34(26)45-32)12-13-37(49)47(8)14-11-15-55(53)42-41(52)40(51)39(50)36(20-48)54-42/h16-19,24,28,36,39-42,44-45,48,50-52H,9-15,20H2,1-8H3/t24-,28-,36+,39+,40-,41+,42-,55?/m0/s1. The van der Waals surface area contributed by atoms with Crippen molar-refractivity contribution in [3.8, 4) is 0 Å². The Balaban J connectivity index is 1.27. The molecule has 1 amide bonds. The van der Waals surface area contributed by atoms with Crippen LogP contribution in [0.2, 0.25) is 0 Å². The van der Waals surface area contributed by atoms with Crippen LogP contribution in [-0.2, 0) is 33.2 Å². The molecule has 3 aromatic heterocycles. The molecule has 0 saturated carbocycles. The number of aryl methyl sites for hydroxylation is 4. The van der Waals surface area contributed by atoms with E-state index in [1.807, 2.05) is 0 Å². The topological polar surface area (TPSA) is 185 Å². The van der Waals surface area contributed by atoms with Crippen LogP contribution < -0.4 is 0 Å². The van der Waals surface area contributed by atoms with E-state index in [9.17, 15) is 29.4 Å². The second-order valence-corrected chi connectivity index (χ2v) is 17.0. The van der Waals surface area contributed by atoms with Gasteiger partial charge in [0.15, 0.2) is 5.44 Å². The Hall–Kier alpha value is -3.72.